The number of ether oxygens (including phenoxy) is 2. The number of hydrogen-bond acceptors (Lipinski definition) is 6. The third kappa shape index (κ3) is 5.86. The lowest BCUT2D eigenvalue weighted by Crippen LogP contribution is -2.37. The molecule has 9 nitrogen and oxygen atoms in total. The van der Waals surface area contributed by atoms with Crippen LogP contribution >= 0.6 is 0 Å². The first kappa shape index (κ1) is 24.6. The van der Waals surface area contributed by atoms with Crippen molar-refractivity contribution in [1.29, 1.82) is 0 Å². The fourth-order valence-corrected chi connectivity index (χ4v) is 3.56. The molecule has 0 fully saturated rings. The molecule has 0 saturated heterocycles. The van der Waals surface area contributed by atoms with E-state index >= 15 is 0 Å². The Morgan fingerprint density at radius 3 is 2.47 bits per heavy atom. The minimum absolute atomic E-state index is 0.0274. The summed E-state index contributed by atoms with van der Waals surface area (Å²) in [5.74, 6) is -0.946. The van der Waals surface area contributed by atoms with Gasteiger partial charge in [-0.3, -0.25) is 4.79 Å². The summed E-state index contributed by atoms with van der Waals surface area (Å²) in [6, 6.07) is 10.9. The fourth-order valence-electron chi connectivity index (χ4n) is 3.56. The van der Waals surface area contributed by atoms with Crippen LogP contribution in [0.1, 0.15) is 42.3 Å². The minimum atomic E-state index is -1.11. The molecular formula is C25H28N2O7. The number of aromatic amines is 1. The molecule has 0 radical (unpaired) electrons. The summed E-state index contributed by atoms with van der Waals surface area (Å²) in [5.41, 5.74) is 0.839. The van der Waals surface area contributed by atoms with Crippen molar-refractivity contribution in [2.45, 2.75) is 39.3 Å². The molecule has 9 heteroatoms. The van der Waals surface area contributed by atoms with Gasteiger partial charge in [0.05, 0.1) is 12.6 Å². The molecule has 0 atom stereocenters. The number of H-pyrrole nitrogens is 1. The summed E-state index contributed by atoms with van der Waals surface area (Å²) >= 11 is 0. The number of amides is 1. The number of nitrogens with zero attached hydrogens (tertiary/aromatic N) is 1. The Balaban J connectivity index is 1.90. The Hall–Kier alpha value is -4.01. The third-order valence-electron chi connectivity index (χ3n) is 5.14. The summed E-state index contributed by atoms with van der Waals surface area (Å²) < 4.78 is 10.8. The Labute approximate surface area is 196 Å². The van der Waals surface area contributed by atoms with Crippen molar-refractivity contribution >= 4 is 23.0 Å². The predicted molar refractivity (Wildman–Crippen MR) is 127 cm³/mol. The minimum Gasteiger partial charge on any atom is -0.506 e. The van der Waals surface area contributed by atoms with Crippen LogP contribution in [-0.2, 0) is 17.7 Å². The second kappa shape index (κ2) is 9.86. The van der Waals surface area contributed by atoms with Crippen LogP contribution in [-0.4, -0.2) is 51.4 Å². The number of aromatic nitrogens is 1. The SMILES string of the molecule is COc1cc(CN(CCc2ccc(O)c3[nH]c(=O)ccc23)C(=O)OC(C)(C)C)ccc1C(=O)O. The Kier molecular flexibility index (Phi) is 7.14. The van der Waals surface area contributed by atoms with Crippen molar-refractivity contribution in [2.75, 3.05) is 13.7 Å². The van der Waals surface area contributed by atoms with Gasteiger partial charge in [-0.2, -0.15) is 0 Å². The molecule has 3 rings (SSSR count). The average molecular weight is 469 g/mol. The highest BCUT2D eigenvalue weighted by molar-refractivity contribution is 5.91. The molecular weight excluding hydrogens is 440 g/mol. The second-order valence-electron chi connectivity index (χ2n) is 8.85. The molecule has 180 valence electrons. The normalized spacial score (nSPS) is 11.3. The largest absolute Gasteiger partial charge is 0.506 e. The van der Waals surface area contributed by atoms with Gasteiger partial charge in [-0.05, 0) is 62.6 Å². The molecule has 0 spiro atoms. The zero-order valence-electron chi connectivity index (χ0n) is 19.5. The van der Waals surface area contributed by atoms with E-state index in [0.29, 0.717) is 22.9 Å². The van der Waals surface area contributed by atoms with E-state index in [4.69, 9.17) is 9.47 Å². The molecule has 0 bridgehead atoms. The van der Waals surface area contributed by atoms with Crippen LogP contribution in [0.5, 0.6) is 11.5 Å². The van der Waals surface area contributed by atoms with Crippen LogP contribution < -0.4 is 10.3 Å². The molecule has 1 amide bonds. The van der Waals surface area contributed by atoms with Crippen molar-refractivity contribution in [3.8, 4) is 11.5 Å². The highest BCUT2D eigenvalue weighted by atomic mass is 16.6. The number of pyridine rings is 1. The van der Waals surface area contributed by atoms with Crippen LogP contribution in [0, 0.1) is 0 Å². The zero-order valence-corrected chi connectivity index (χ0v) is 19.5. The number of aromatic carboxylic acids is 1. The number of benzene rings is 2. The van der Waals surface area contributed by atoms with Gasteiger partial charge in [0.25, 0.3) is 0 Å². The number of methoxy groups -OCH3 is 1. The van der Waals surface area contributed by atoms with E-state index in [1.807, 2.05) is 0 Å². The maximum absolute atomic E-state index is 13.0. The van der Waals surface area contributed by atoms with E-state index in [1.165, 1.54) is 30.2 Å². The number of carbonyl (C=O) groups excluding carboxylic acids is 1. The molecule has 2 aromatic carbocycles. The monoisotopic (exact) mass is 468 g/mol. The third-order valence-corrected chi connectivity index (χ3v) is 5.14. The van der Waals surface area contributed by atoms with Crippen molar-refractivity contribution in [3.63, 3.8) is 0 Å². The fraction of sp³-hybridized carbons (Fsp3) is 0.320. The lowest BCUT2D eigenvalue weighted by atomic mass is 10.0. The number of carboxylic acids is 1. The number of phenolic OH excluding ortho intramolecular Hbond substituents is 1. The van der Waals surface area contributed by atoms with E-state index in [2.05, 4.69) is 4.98 Å². The van der Waals surface area contributed by atoms with Gasteiger partial charge in [0.2, 0.25) is 5.56 Å². The second-order valence-corrected chi connectivity index (χ2v) is 8.85. The highest BCUT2D eigenvalue weighted by Gasteiger charge is 2.23. The number of fused-ring (bicyclic) bond motifs is 1. The maximum atomic E-state index is 13.0. The summed E-state index contributed by atoms with van der Waals surface area (Å²) in [5, 5.41) is 20.1. The number of hydrogen-bond donors (Lipinski definition) is 3. The van der Waals surface area contributed by atoms with Crippen LogP contribution in [0.2, 0.25) is 0 Å². The average Bonchev–Trinajstić information content (AvgIpc) is 2.76. The predicted octanol–water partition coefficient (Wildman–Crippen LogP) is 3.92. The Morgan fingerprint density at radius 2 is 1.82 bits per heavy atom. The van der Waals surface area contributed by atoms with Crippen molar-refractivity contribution in [1.82, 2.24) is 9.88 Å². The lowest BCUT2D eigenvalue weighted by molar-refractivity contribution is 0.0235. The van der Waals surface area contributed by atoms with Gasteiger partial charge < -0.3 is 29.6 Å². The van der Waals surface area contributed by atoms with Gasteiger partial charge in [-0.25, -0.2) is 9.59 Å². The Morgan fingerprint density at radius 1 is 1.09 bits per heavy atom. The van der Waals surface area contributed by atoms with Gasteiger partial charge in [-0.15, -0.1) is 0 Å². The van der Waals surface area contributed by atoms with Gasteiger partial charge >= 0.3 is 12.1 Å². The maximum Gasteiger partial charge on any atom is 0.410 e. The summed E-state index contributed by atoms with van der Waals surface area (Å²) in [7, 11) is 1.39. The number of carbonyl (C=O) groups is 2. The van der Waals surface area contributed by atoms with Gasteiger partial charge in [0.1, 0.15) is 22.7 Å². The molecule has 0 aliphatic heterocycles. The van der Waals surface area contributed by atoms with Crippen molar-refractivity contribution in [2.24, 2.45) is 0 Å². The molecule has 1 aromatic heterocycles. The van der Waals surface area contributed by atoms with E-state index in [0.717, 1.165) is 5.56 Å². The number of rotatable bonds is 7. The Bertz CT molecular complexity index is 1270. The first-order chi connectivity index (χ1) is 16.0. The number of carboxylic acid groups (broad SMARTS) is 1. The van der Waals surface area contributed by atoms with Crippen molar-refractivity contribution in [3.05, 3.63) is 69.5 Å². The molecule has 34 heavy (non-hydrogen) atoms. The smallest absolute Gasteiger partial charge is 0.410 e. The van der Waals surface area contributed by atoms with E-state index in [9.17, 15) is 24.6 Å². The molecule has 0 aliphatic rings. The number of phenols is 1. The van der Waals surface area contributed by atoms with Gasteiger partial charge in [-0.1, -0.05) is 12.1 Å². The lowest BCUT2D eigenvalue weighted by Gasteiger charge is -2.28. The van der Waals surface area contributed by atoms with Crippen LogP contribution in [0.3, 0.4) is 0 Å². The molecule has 0 saturated carbocycles. The van der Waals surface area contributed by atoms with Gasteiger partial charge in [0.15, 0.2) is 0 Å². The van der Waals surface area contributed by atoms with E-state index < -0.39 is 17.7 Å². The molecule has 0 aliphatic carbocycles. The van der Waals surface area contributed by atoms with E-state index in [1.54, 1.807) is 45.0 Å². The number of nitrogens with one attached hydrogen (secondary N) is 1. The van der Waals surface area contributed by atoms with Crippen LogP contribution in [0.15, 0.2) is 47.3 Å². The van der Waals surface area contributed by atoms with Crippen LogP contribution in [0.25, 0.3) is 10.9 Å². The standard InChI is InChI=1S/C25H28N2O7/c1-25(2,3)34-24(32)27(14-15-5-7-18(23(30)31)20(13-15)33-4)12-11-16-6-9-19(28)22-17(16)8-10-21(29)26-22/h5-10,13,28H,11-12,14H2,1-4H3,(H,26,29)(H,30,31). The molecule has 3 aromatic rings. The van der Waals surface area contributed by atoms with Crippen molar-refractivity contribution < 1.29 is 29.3 Å². The zero-order chi connectivity index (χ0) is 25.0. The number of aromatic hydroxyl groups is 1. The molecule has 3 N–H and O–H groups in total. The first-order valence-corrected chi connectivity index (χ1v) is 10.7. The molecule has 1 heterocycles. The summed E-state index contributed by atoms with van der Waals surface area (Å²) in [6.45, 7) is 5.77. The summed E-state index contributed by atoms with van der Waals surface area (Å²) in [4.78, 5) is 40.2. The van der Waals surface area contributed by atoms with Crippen LogP contribution in [0.4, 0.5) is 4.79 Å². The van der Waals surface area contributed by atoms with E-state index in [-0.39, 0.29) is 35.7 Å². The molecule has 0 unspecified atom stereocenters. The first-order valence-electron chi connectivity index (χ1n) is 10.7. The quantitative estimate of drug-likeness (QED) is 0.479. The highest BCUT2D eigenvalue weighted by Crippen LogP contribution is 2.26. The van der Waals surface area contributed by atoms with Gasteiger partial charge in [0, 0.05) is 24.5 Å². The summed E-state index contributed by atoms with van der Waals surface area (Å²) in [6.07, 6.45) is -0.0999. The topological polar surface area (TPSA) is 129 Å².